The van der Waals surface area contributed by atoms with Crippen LogP contribution in [0.5, 0.6) is 0 Å². The molecule has 2 aliphatic heterocycles. The van der Waals surface area contributed by atoms with E-state index in [0.717, 1.165) is 49.4 Å². The predicted octanol–water partition coefficient (Wildman–Crippen LogP) is 1.81. The summed E-state index contributed by atoms with van der Waals surface area (Å²) in [4.78, 5) is 37.3. The highest BCUT2D eigenvalue weighted by atomic mass is 16.2. The highest BCUT2D eigenvalue weighted by molar-refractivity contribution is 5.85. The fraction of sp³-hybridized carbons (Fsp3) is 0.667. The second-order valence-corrected chi connectivity index (χ2v) is 6.96. The van der Waals surface area contributed by atoms with Crippen molar-refractivity contribution in [1.82, 2.24) is 19.8 Å². The van der Waals surface area contributed by atoms with Gasteiger partial charge in [-0.15, -0.1) is 0 Å². The van der Waals surface area contributed by atoms with Crippen LogP contribution in [0.2, 0.25) is 0 Å². The van der Waals surface area contributed by atoms with Crippen LogP contribution in [0.4, 0.5) is 0 Å². The largest absolute Gasteiger partial charge is 0.340 e. The molecule has 1 atom stereocenters. The van der Waals surface area contributed by atoms with E-state index in [1.807, 2.05) is 24.8 Å². The van der Waals surface area contributed by atoms with Crippen molar-refractivity contribution >= 4 is 11.8 Å². The van der Waals surface area contributed by atoms with Gasteiger partial charge in [0.25, 0.3) is 0 Å². The number of aromatic nitrogens is 2. The highest BCUT2D eigenvalue weighted by Crippen LogP contribution is 2.25. The molecule has 1 aromatic heterocycles. The molecule has 130 valence electrons. The monoisotopic (exact) mass is 330 g/mol. The number of nitrogens with zero attached hydrogens (tertiary/aromatic N) is 4. The lowest BCUT2D eigenvalue weighted by atomic mass is 10.1. The lowest BCUT2D eigenvalue weighted by molar-refractivity contribution is -0.139. The molecule has 1 unspecified atom stereocenters. The number of likely N-dealkylation sites (tertiary alicyclic amines) is 2. The van der Waals surface area contributed by atoms with E-state index in [-0.39, 0.29) is 24.3 Å². The maximum absolute atomic E-state index is 12.6. The van der Waals surface area contributed by atoms with E-state index in [2.05, 4.69) is 9.97 Å². The Labute approximate surface area is 143 Å². The van der Waals surface area contributed by atoms with Crippen LogP contribution in [0.1, 0.15) is 55.2 Å². The van der Waals surface area contributed by atoms with Crippen LogP contribution in [0.15, 0.2) is 6.07 Å². The van der Waals surface area contributed by atoms with Gasteiger partial charge in [0.05, 0.1) is 6.54 Å². The standard InChI is InChI=1S/C18H26N4O2/c1-13-10-14(2)20-18(19-13)15-7-9-22(11-15)17(24)12-21-8-5-3-4-6-16(21)23/h10,15H,3-9,11-12H2,1-2H3. The molecule has 3 rings (SSSR count). The van der Waals surface area contributed by atoms with Gasteiger partial charge < -0.3 is 9.80 Å². The molecule has 0 aliphatic carbocycles. The van der Waals surface area contributed by atoms with Gasteiger partial charge in [0, 0.05) is 43.4 Å². The number of hydrogen-bond acceptors (Lipinski definition) is 4. The molecule has 1 aromatic rings. The zero-order chi connectivity index (χ0) is 17.1. The average Bonchev–Trinajstić information content (AvgIpc) is 2.94. The van der Waals surface area contributed by atoms with Crippen LogP contribution in [0.3, 0.4) is 0 Å². The van der Waals surface area contributed by atoms with E-state index in [9.17, 15) is 9.59 Å². The van der Waals surface area contributed by atoms with Crippen LogP contribution < -0.4 is 0 Å². The summed E-state index contributed by atoms with van der Waals surface area (Å²) in [5.41, 5.74) is 1.94. The molecule has 0 bridgehead atoms. The number of hydrogen-bond donors (Lipinski definition) is 0. The number of aryl methyl sites for hydroxylation is 2. The van der Waals surface area contributed by atoms with Crippen LogP contribution in [0, 0.1) is 13.8 Å². The molecular formula is C18H26N4O2. The predicted molar refractivity (Wildman–Crippen MR) is 90.5 cm³/mol. The summed E-state index contributed by atoms with van der Waals surface area (Å²) < 4.78 is 0. The van der Waals surface area contributed by atoms with Gasteiger partial charge in [-0.3, -0.25) is 9.59 Å². The molecule has 2 saturated heterocycles. The average molecular weight is 330 g/mol. The molecule has 0 N–H and O–H groups in total. The Morgan fingerprint density at radius 3 is 2.67 bits per heavy atom. The zero-order valence-corrected chi connectivity index (χ0v) is 14.6. The Hall–Kier alpha value is -1.98. The minimum atomic E-state index is 0.0529. The lowest BCUT2D eigenvalue weighted by Crippen LogP contribution is -2.41. The van der Waals surface area contributed by atoms with Crippen molar-refractivity contribution < 1.29 is 9.59 Å². The van der Waals surface area contributed by atoms with Gasteiger partial charge >= 0.3 is 0 Å². The van der Waals surface area contributed by atoms with Gasteiger partial charge in [-0.25, -0.2) is 9.97 Å². The topological polar surface area (TPSA) is 66.4 Å². The molecular weight excluding hydrogens is 304 g/mol. The number of carbonyl (C=O) groups is 2. The summed E-state index contributed by atoms with van der Waals surface area (Å²) in [7, 11) is 0. The van der Waals surface area contributed by atoms with E-state index in [0.29, 0.717) is 19.5 Å². The molecule has 6 heteroatoms. The van der Waals surface area contributed by atoms with Crippen molar-refractivity contribution in [2.45, 2.75) is 51.9 Å². The van der Waals surface area contributed by atoms with E-state index < -0.39 is 0 Å². The van der Waals surface area contributed by atoms with Gasteiger partial charge in [0.2, 0.25) is 11.8 Å². The van der Waals surface area contributed by atoms with Crippen molar-refractivity contribution in [1.29, 1.82) is 0 Å². The van der Waals surface area contributed by atoms with Crippen LogP contribution in [0.25, 0.3) is 0 Å². The van der Waals surface area contributed by atoms with Gasteiger partial charge in [0.1, 0.15) is 5.82 Å². The molecule has 6 nitrogen and oxygen atoms in total. The summed E-state index contributed by atoms with van der Waals surface area (Å²) in [6.45, 7) is 6.26. The minimum absolute atomic E-state index is 0.0529. The van der Waals surface area contributed by atoms with Crippen LogP contribution in [-0.2, 0) is 9.59 Å². The first-order chi connectivity index (χ1) is 11.5. The summed E-state index contributed by atoms with van der Waals surface area (Å²) in [6, 6.07) is 1.96. The molecule has 0 radical (unpaired) electrons. The molecule has 2 fully saturated rings. The fourth-order valence-corrected chi connectivity index (χ4v) is 3.60. The van der Waals surface area contributed by atoms with Gasteiger partial charge in [-0.2, -0.15) is 0 Å². The van der Waals surface area contributed by atoms with E-state index in [1.165, 1.54) is 0 Å². The second-order valence-electron chi connectivity index (χ2n) is 6.96. The molecule has 24 heavy (non-hydrogen) atoms. The van der Waals surface area contributed by atoms with E-state index >= 15 is 0 Å². The summed E-state index contributed by atoms with van der Waals surface area (Å²) >= 11 is 0. The van der Waals surface area contributed by atoms with Crippen LogP contribution >= 0.6 is 0 Å². The second kappa shape index (κ2) is 7.28. The lowest BCUT2D eigenvalue weighted by Gasteiger charge is -2.24. The first-order valence-electron chi connectivity index (χ1n) is 8.90. The van der Waals surface area contributed by atoms with E-state index in [1.54, 1.807) is 4.90 Å². The fourth-order valence-electron chi connectivity index (χ4n) is 3.60. The maximum Gasteiger partial charge on any atom is 0.242 e. The Morgan fingerprint density at radius 2 is 1.92 bits per heavy atom. The number of amides is 2. The molecule has 0 spiro atoms. The first kappa shape index (κ1) is 16.9. The number of carbonyl (C=O) groups excluding carboxylic acids is 2. The van der Waals surface area contributed by atoms with Crippen LogP contribution in [-0.4, -0.2) is 57.8 Å². The maximum atomic E-state index is 12.6. The first-order valence-corrected chi connectivity index (χ1v) is 8.90. The summed E-state index contributed by atoms with van der Waals surface area (Å²) in [5, 5.41) is 0. The van der Waals surface area contributed by atoms with Gasteiger partial charge in [0.15, 0.2) is 0 Å². The molecule has 3 heterocycles. The third kappa shape index (κ3) is 3.91. The van der Waals surface area contributed by atoms with Crippen molar-refractivity contribution in [3.63, 3.8) is 0 Å². The Bertz CT molecular complexity index is 611. The minimum Gasteiger partial charge on any atom is -0.340 e. The molecule has 2 amide bonds. The molecule has 0 saturated carbocycles. The van der Waals surface area contributed by atoms with Gasteiger partial charge in [-0.05, 0) is 39.2 Å². The van der Waals surface area contributed by atoms with Gasteiger partial charge in [-0.1, -0.05) is 6.42 Å². The molecule has 0 aromatic carbocycles. The Kier molecular flexibility index (Phi) is 5.11. The van der Waals surface area contributed by atoms with Crippen molar-refractivity contribution in [2.75, 3.05) is 26.2 Å². The van der Waals surface area contributed by atoms with Crippen molar-refractivity contribution in [3.8, 4) is 0 Å². The highest BCUT2D eigenvalue weighted by Gasteiger charge is 2.31. The van der Waals surface area contributed by atoms with E-state index in [4.69, 9.17) is 0 Å². The normalized spacial score (nSPS) is 21.9. The third-order valence-corrected chi connectivity index (χ3v) is 4.90. The van der Waals surface area contributed by atoms with Crippen molar-refractivity contribution in [2.24, 2.45) is 0 Å². The zero-order valence-electron chi connectivity index (χ0n) is 14.6. The SMILES string of the molecule is Cc1cc(C)nc(C2CCN(C(=O)CN3CCCCCC3=O)C2)n1. The summed E-state index contributed by atoms with van der Waals surface area (Å²) in [6.07, 6.45) is 4.48. The number of rotatable bonds is 3. The quantitative estimate of drug-likeness (QED) is 0.848. The Balaban J connectivity index is 1.60. The smallest absolute Gasteiger partial charge is 0.242 e. The third-order valence-electron chi connectivity index (χ3n) is 4.90. The summed E-state index contributed by atoms with van der Waals surface area (Å²) in [5.74, 6) is 1.22. The van der Waals surface area contributed by atoms with Crippen molar-refractivity contribution in [3.05, 3.63) is 23.3 Å². The molecule has 2 aliphatic rings. The Morgan fingerprint density at radius 1 is 1.17 bits per heavy atom.